The Morgan fingerprint density at radius 1 is 1.24 bits per heavy atom. The van der Waals surface area contributed by atoms with Crippen LogP contribution in [0.4, 0.5) is 0 Å². The number of benzene rings is 1. The summed E-state index contributed by atoms with van der Waals surface area (Å²) in [5, 5.41) is 0.588. The van der Waals surface area contributed by atoms with Crippen LogP contribution in [0.2, 0.25) is 5.02 Å². The molecule has 96 valence electrons. The highest BCUT2D eigenvalue weighted by Crippen LogP contribution is 2.22. The molecule has 0 saturated heterocycles. The molecule has 0 heterocycles. The molecule has 1 rings (SSSR count). The van der Waals surface area contributed by atoms with E-state index in [0.717, 1.165) is 0 Å². The van der Waals surface area contributed by atoms with Crippen molar-refractivity contribution < 1.29 is 14.3 Å². The lowest BCUT2D eigenvalue weighted by Crippen LogP contribution is -2.05. The Morgan fingerprint density at radius 2 is 1.88 bits per heavy atom. The third-order valence-corrected chi connectivity index (χ3v) is 2.00. The first kappa shape index (κ1) is 15.8. The quantitative estimate of drug-likeness (QED) is 0.597. The van der Waals surface area contributed by atoms with Crippen molar-refractivity contribution in [2.75, 3.05) is 13.2 Å². The molecule has 17 heavy (non-hydrogen) atoms. The molecule has 0 radical (unpaired) electrons. The van der Waals surface area contributed by atoms with Crippen molar-refractivity contribution in [2.45, 2.75) is 27.2 Å². The fraction of sp³-hybridized carbons (Fsp3) is 0.462. The average molecular weight is 259 g/mol. The zero-order valence-corrected chi connectivity index (χ0v) is 11.3. The molecule has 1 aromatic rings. The summed E-state index contributed by atoms with van der Waals surface area (Å²) in [5.41, 5.74) is 0. The van der Waals surface area contributed by atoms with E-state index >= 15 is 0 Å². The van der Waals surface area contributed by atoms with Crippen molar-refractivity contribution >= 4 is 17.6 Å². The number of carbonyl (C=O) groups is 1. The minimum atomic E-state index is -0.271. The third kappa shape index (κ3) is 7.64. The molecule has 0 N–H and O–H groups in total. The monoisotopic (exact) mass is 258 g/mol. The lowest BCUT2D eigenvalue weighted by atomic mass is 10.3. The molecule has 4 heteroatoms. The van der Waals surface area contributed by atoms with E-state index in [1.54, 1.807) is 12.1 Å². The summed E-state index contributed by atoms with van der Waals surface area (Å²) in [5.74, 6) is 0.384. The topological polar surface area (TPSA) is 35.5 Å². The minimum Gasteiger partial charge on any atom is -0.492 e. The fourth-order valence-electron chi connectivity index (χ4n) is 1.02. The molecular weight excluding hydrogens is 240 g/mol. The van der Waals surface area contributed by atoms with Crippen LogP contribution in [-0.2, 0) is 9.53 Å². The lowest BCUT2D eigenvalue weighted by Gasteiger charge is -2.07. The Bertz CT molecular complexity index is 326. The Morgan fingerprint density at radius 3 is 2.47 bits per heavy atom. The van der Waals surface area contributed by atoms with E-state index in [9.17, 15) is 4.79 Å². The number of hydrogen-bond donors (Lipinski definition) is 0. The molecule has 0 amide bonds. The summed E-state index contributed by atoms with van der Waals surface area (Å²) in [6.07, 6.45) is 0.658. The van der Waals surface area contributed by atoms with Gasteiger partial charge in [-0.25, -0.2) is 0 Å². The number of halogens is 1. The van der Waals surface area contributed by atoms with Crippen LogP contribution in [0.25, 0.3) is 0 Å². The van der Waals surface area contributed by atoms with Gasteiger partial charge in [-0.05, 0) is 12.1 Å². The van der Waals surface area contributed by atoms with Crippen molar-refractivity contribution in [2.24, 2.45) is 0 Å². The Labute approximate surface area is 108 Å². The van der Waals surface area contributed by atoms with Crippen molar-refractivity contribution in [3.05, 3.63) is 29.3 Å². The number of hydrogen-bond acceptors (Lipinski definition) is 3. The van der Waals surface area contributed by atoms with E-state index in [1.165, 1.54) is 6.92 Å². The van der Waals surface area contributed by atoms with Crippen molar-refractivity contribution in [3.63, 3.8) is 0 Å². The van der Waals surface area contributed by atoms with Crippen molar-refractivity contribution in [1.82, 2.24) is 0 Å². The maximum atomic E-state index is 10.4. The van der Waals surface area contributed by atoms with Gasteiger partial charge in [-0.3, -0.25) is 4.79 Å². The number of esters is 1. The molecule has 0 saturated carbocycles. The minimum absolute atomic E-state index is 0.271. The standard InChI is InChI=1S/C11H13ClO3.C2H6/c1-9(13)14-7-4-8-15-11-6-3-2-5-10(11)12;1-2/h2-3,5-6H,4,7-8H2,1H3;1-2H3. The molecule has 0 unspecified atom stereocenters. The highest BCUT2D eigenvalue weighted by molar-refractivity contribution is 6.32. The van der Waals surface area contributed by atoms with Gasteiger partial charge in [0, 0.05) is 13.3 Å². The van der Waals surface area contributed by atoms with Crippen LogP contribution < -0.4 is 4.74 Å². The number of ether oxygens (including phenoxy) is 2. The molecule has 0 aromatic heterocycles. The first-order valence-electron chi connectivity index (χ1n) is 5.71. The maximum absolute atomic E-state index is 10.4. The van der Waals surface area contributed by atoms with Gasteiger partial charge in [0.2, 0.25) is 0 Å². The van der Waals surface area contributed by atoms with Gasteiger partial charge < -0.3 is 9.47 Å². The van der Waals surface area contributed by atoms with E-state index in [1.807, 2.05) is 26.0 Å². The summed E-state index contributed by atoms with van der Waals surface area (Å²) in [6.45, 7) is 6.24. The van der Waals surface area contributed by atoms with E-state index in [4.69, 9.17) is 21.1 Å². The largest absolute Gasteiger partial charge is 0.492 e. The van der Waals surface area contributed by atoms with Crippen LogP contribution in [0.1, 0.15) is 27.2 Å². The van der Waals surface area contributed by atoms with E-state index < -0.39 is 0 Å². The summed E-state index contributed by atoms with van der Waals surface area (Å²) in [4.78, 5) is 10.4. The van der Waals surface area contributed by atoms with E-state index in [0.29, 0.717) is 30.4 Å². The Kier molecular flexibility index (Phi) is 9.25. The molecule has 0 bridgehead atoms. The molecule has 3 nitrogen and oxygen atoms in total. The predicted molar refractivity (Wildman–Crippen MR) is 69.5 cm³/mol. The third-order valence-electron chi connectivity index (χ3n) is 1.69. The van der Waals surface area contributed by atoms with Gasteiger partial charge in [-0.1, -0.05) is 37.6 Å². The molecule has 0 aliphatic heterocycles. The second-order valence-electron chi connectivity index (χ2n) is 2.97. The zero-order chi connectivity index (χ0) is 13.1. The summed E-state index contributed by atoms with van der Waals surface area (Å²) in [7, 11) is 0. The molecular formula is C13H19ClO3. The van der Waals surface area contributed by atoms with E-state index in [2.05, 4.69) is 0 Å². The summed E-state index contributed by atoms with van der Waals surface area (Å²) in [6, 6.07) is 7.26. The second kappa shape index (κ2) is 9.97. The van der Waals surface area contributed by atoms with Crippen LogP contribution in [0.5, 0.6) is 5.75 Å². The van der Waals surface area contributed by atoms with Gasteiger partial charge in [0.15, 0.2) is 0 Å². The van der Waals surface area contributed by atoms with E-state index in [-0.39, 0.29) is 5.97 Å². The first-order chi connectivity index (χ1) is 8.20. The van der Waals surface area contributed by atoms with Crippen LogP contribution in [0.15, 0.2) is 24.3 Å². The van der Waals surface area contributed by atoms with Gasteiger partial charge in [0.05, 0.1) is 18.2 Å². The Hall–Kier alpha value is -1.22. The zero-order valence-electron chi connectivity index (χ0n) is 10.5. The smallest absolute Gasteiger partial charge is 0.302 e. The number of carbonyl (C=O) groups excluding carboxylic acids is 1. The normalized spacial score (nSPS) is 8.94. The van der Waals surface area contributed by atoms with Gasteiger partial charge in [0.1, 0.15) is 5.75 Å². The van der Waals surface area contributed by atoms with Crippen LogP contribution in [0, 0.1) is 0 Å². The molecule has 0 aliphatic carbocycles. The highest BCUT2D eigenvalue weighted by Gasteiger charge is 1.99. The lowest BCUT2D eigenvalue weighted by molar-refractivity contribution is -0.141. The van der Waals surface area contributed by atoms with Gasteiger partial charge >= 0.3 is 5.97 Å². The molecule has 1 aromatic carbocycles. The average Bonchev–Trinajstić information content (AvgIpc) is 2.33. The molecule has 0 fully saturated rings. The fourth-order valence-corrected chi connectivity index (χ4v) is 1.21. The number of para-hydroxylation sites is 1. The highest BCUT2D eigenvalue weighted by atomic mass is 35.5. The van der Waals surface area contributed by atoms with Gasteiger partial charge in [0.25, 0.3) is 0 Å². The summed E-state index contributed by atoms with van der Waals surface area (Å²) < 4.78 is 10.2. The molecule has 0 spiro atoms. The molecule has 0 atom stereocenters. The summed E-state index contributed by atoms with van der Waals surface area (Å²) >= 11 is 5.88. The maximum Gasteiger partial charge on any atom is 0.302 e. The van der Waals surface area contributed by atoms with Crippen LogP contribution in [-0.4, -0.2) is 19.2 Å². The SMILES string of the molecule is CC.CC(=O)OCCCOc1ccccc1Cl. The second-order valence-corrected chi connectivity index (χ2v) is 3.38. The van der Waals surface area contributed by atoms with Gasteiger partial charge in [-0.2, -0.15) is 0 Å². The molecule has 0 aliphatic rings. The number of rotatable bonds is 5. The van der Waals surface area contributed by atoms with Crippen LogP contribution in [0.3, 0.4) is 0 Å². The van der Waals surface area contributed by atoms with Crippen LogP contribution >= 0.6 is 11.6 Å². The van der Waals surface area contributed by atoms with Crippen molar-refractivity contribution in [1.29, 1.82) is 0 Å². The van der Waals surface area contributed by atoms with Crippen molar-refractivity contribution in [3.8, 4) is 5.75 Å². The predicted octanol–water partition coefficient (Wildman–Crippen LogP) is 3.70. The first-order valence-corrected chi connectivity index (χ1v) is 6.08. The van der Waals surface area contributed by atoms with Gasteiger partial charge in [-0.15, -0.1) is 0 Å². The Balaban J connectivity index is 0.00000121.